The number of nitrogens with one attached hydrogen (secondary N) is 1. The number of para-hydroxylation sites is 1. The van der Waals surface area contributed by atoms with Crippen LogP contribution in [0.25, 0.3) is 10.9 Å². The SMILES string of the molecule is O/N=C/c1cccc2c3c([nH]c12)CCC3. The number of benzene rings is 1. The van der Waals surface area contributed by atoms with Crippen LogP contribution in [-0.4, -0.2) is 16.4 Å². The lowest BCUT2D eigenvalue weighted by Crippen LogP contribution is -1.85. The number of aromatic nitrogens is 1. The van der Waals surface area contributed by atoms with E-state index < -0.39 is 0 Å². The zero-order valence-electron chi connectivity index (χ0n) is 8.33. The Bertz CT molecular complexity index is 540. The van der Waals surface area contributed by atoms with Crippen LogP contribution in [0, 0.1) is 0 Å². The number of aryl methyl sites for hydroxylation is 2. The standard InChI is InChI=1S/C12H12N2O/c15-13-7-8-3-1-5-10-9-4-2-6-11(9)14-12(8)10/h1,3,5,7,14-15H,2,4,6H2/b13-7+. The third kappa shape index (κ3) is 1.16. The van der Waals surface area contributed by atoms with Gasteiger partial charge in [-0.1, -0.05) is 23.4 Å². The van der Waals surface area contributed by atoms with Gasteiger partial charge in [0.2, 0.25) is 0 Å². The molecule has 15 heavy (non-hydrogen) atoms. The molecular weight excluding hydrogens is 188 g/mol. The van der Waals surface area contributed by atoms with Crippen molar-refractivity contribution in [1.29, 1.82) is 0 Å². The van der Waals surface area contributed by atoms with Gasteiger partial charge in [0.15, 0.2) is 0 Å². The van der Waals surface area contributed by atoms with Crippen molar-refractivity contribution in [2.75, 3.05) is 0 Å². The Labute approximate surface area is 87.4 Å². The highest BCUT2D eigenvalue weighted by Gasteiger charge is 2.17. The van der Waals surface area contributed by atoms with Gasteiger partial charge in [-0.3, -0.25) is 0 Å². The molecule has 0 bridgehead atoms. The Morgan fingerprint density at radius 3 is 3.13 bits per heavy atom. The predicted octanol–water partition coefficient (Wildman–Crippen LogP) is 2.46. The third-order valence-electron chi connectivity index (χ3n) is 3.11. The molecule has 1 aromatic heterocycles. The first kappa shape index (κ1) is 8.53. The average Bonchev–Trinajstić information content (AvgIpc) is 2.79. The van der Waals surface area contributed by atoms with E-state index in [9.17, 15) is 0 Å². The number of hydrogen-bond acceptors (Lipinski definition) is 2. The second-order valence-electron chi connectivity index (χ2n) is 3.95. The van der Waals surface area contributed by atoms with Crippen LogP contribution < -0.4 is 0 Å². The Hall–Kier alpha value is -1.77. The van der Waals surface area contributed by atoms with Crippen LogP contribution >= 0.6 is 0 Å². The number of hydrogen-bond donors (Lipinski definition) is 2. The van der Waals surface area contributed by atoms with Crippen LogP contribution in [0.3, 0.4) is 0 Å². The van der Waals surface area contributed by atoms with Crippen molar-refractivity contribution in [3.8, 4) is 0 Å². The summed E-state index contributed by atoms with van der Waals surface area (Å²) in [7, 11) is 0. The Balaban J connectivity index is 2.32. The van der Waals surface area contributed by atoms with Crippen LogP contribution in [0.15, 0.2) is 23.4 Å². The van der Waals surface area contributed by atoms with E-state index in [2.05, 4.69) is 16.2 Å². The summed E-state index contributed by atoms with van der Waals surface area (Å²) in [5.74, 6) is 0. The zero-order chi connectivity index (χ0) is 10.3. The zero-order valence-corrected chi connectivity index (χ0v) is 8.33. The maximum absolute atomic E-state index is 8.58. The van der Waals surface area contributed by atoms with Gasteiger partial charge in [0.05, 0.1) is 11.7 Å². The first-order chi connectivity index (χ1) is 7.40. The van der Waals surface area contributed by atoms with Crippen LogP contribution in [0.2, 0.25) is 0 Å². The summed E-state index contributed by atoms with van der Waals surface area (Å²) in [6.07, 6.45) is 5.03. The van der Waals surface area contributed by atoms with E-state index in [4.69, 9.17) is 5.21 Å². The largest absolute Gasteiger partial charge is 0.411 e. The molecule has 0 atom stereocenters. The summed E-state index contributed by atoms with van der Waals surface area (Å²) in [6.45, 7) is 0. The van der Waals surface area contributed by atoms with Gasteiger partial charge in [0, 0.05) is 16.6 Å². The fourth-order valence-corrected chi connectivity index (χ4v) is 2.46. The molecule has 2 aromatic rings. The molecule has 1 heterocycles. The lowest BCUT2D eigenvalue weighted by Gasteiger charge is -1.97. The highest BCUT2D eigenvalue weighted by molar-refractivity contribution is 5.99. The van der Waals surface area contributed by atoms with Crippen molar-refractivity contribution in [2.24, 2.45) is 5.16 Å². The van der Waals surface area contributed by atoms with Gasteiger partial charge in [-0.15, -0.1) is 0 Å². The van der Waals surface area contributed by atoms with Gasteiger partial charge >= 0.3 is 0 Å². The molecule has 3 nitrogen and oxygen atoms in total. The quantitative estimate of drug-likeness (QED) is 0.414. The van der Waals surface area contributed by atoms with E-state index in [1.165, 1.54) is 29.3 Å². The van der Waals surface area contributed by atoms with E-state index in [1.54, 1.807) is 0 Å². The van der Waals surface area contributed by atoms with Gasteiger partial charge in [0.1, 0.15) is 0 Å². The lowest BCUT2D eigenvalue weighted by atomic mass is 10.1. The monoisotopic (exact) mass is 200 g/mol. The second-order valence-corrected chi connectivity index (χ2v) is 3.95. The molecular formula is C12H12N2O. The first-order valence-electron chi connectivity index (χ1n) is 5.20. The number of fused-ring (bicyclic) bond motifs is 3. The van der Waals surface area contributed by atoms with Gasteiger partial charge in [-0.25, -0.2) is 0 Å². The molecule has 0 saturated carbocycles. The summed E-state index contributed by atoms with van der Waals surface area (Å²) >= 11 is 0. The van der Waals surface area contributed by atoms with Gasteiger partial charge in [-0.2, -0.15) is 0 Å². The van der Waals surface area contributed by atoms with Crippen molar-refractivity contribution in [3.05, 3.63) is 35.0 Å². The molecule has 3 heteroatoms. The minimum Gasteiger partial charge on any atom is -0.411 e. The number of aromatic amines is 1. The van der Waals surface area contributed by atoms with Crippen molar-refractivity contribution < 1.29 is 5.21 Å². The molecule has 0 amide bonds. The summed E-state index contributed by atoms with van der Waals surface area (Å²) in [6, 6.07) is 6.09. The van der Waals surface area contributed by atoms with Gasteiger partial charge < -0.3 is 10.2 Å². The summed E-state index contributed by atoms with van der Waals surface area (Å²) in [5, 5.41) is 13.0. The molecule has 0 spiro atoms. The van der Waals surface area contributed by atoms with Gasteiger partial charge in [0.25, 0.3) is 0 Å². The fraction of sp³-hybridized carbons (Fsp3) is 0.250. The number of H-pyrrole nitrogens is 1. The molecule has 1 aliphatic carbocycles. The Morgan fingerprint density at radius 2 is 2.27 bits per heavy atom. The second kappa shape index (κ2) is 3.12. The van der Waals surface area contributed by atoms with E-state index in [0.717, 1.165) is 23.9 Å². The van der Waals surface area contributed by atoms with Crippen molar-refractivity contribution in [1.82, 2.24) is 4.98 Å². The summed E-state index contributed by atoms with van der Waals surface area (Å²) in [5.41, 5.74) is 4.84. The molecule has 0 radical (unpaired) electrons. The molecule has 76 valence electrons. The lowest BCUT2D eigenvalue weighted by molar-refractivity contribution is 0.322. The molecule has 1 aliphatic rings. The molecule has 3 rings (SSSR count). The van der Waals surface area contributed by atoms with E-state index in [-0.39, 0.29) is 0 Å². The molecule has 0 fully saturated rings. The smallest absolute Gasteiger partial charge is 0.0754 e. The fourth-order valence-electron chi connectivity index (χ4n) is 2.46. The van der Waals surface area contributed by atoms with E-state index in [1.807, 2.05) is 12.1 Å². The van der Waals surface area contributed by atoms with Crippen LogP contribution in [0.5, 0.6) is 0 Å². The maximum atomic E-state index is 8.58. The van der Waals surface area contributed by atoms with E-state index in [0.29, 0.717) is 0 Å². The molecule has 1 aromatic carbocycles. The van der Waals surface area contributed by atoms with Crippen LogP contribution in [0.1, 0.15) is 23.2 Å². The normalized spacial score (nSPS) is 15.2. The minimum absolute atomic E-state index is 0.949. The predicted molar refractivity (Wildman–Crippen MR) is 59.7 cm³/mol. The summed E-state index contributed by atoms with van der Waals surface area (Å²) in [4.78, 5) is 3.43. The molecule has 0 unspecified atom stereocenters. The Kier molecular flexibility index (Phi) is 1.78. The third-order valence-corrected chi connectivity index (χ3v) is 3.11. The molecule has 2 N–H and O–H groups in total. The van der Waals surface area contributed by atoms with E-state index >= 15 is 0 Å². The van der Waals surface area contributed by atoms with Crippen molar-refractivity contribution >= 4 is 17.1 Å². The number of rotatable bonds is 1. The van der Waals surface area contributed by atoms with Gasteiger partial charge in [-0.05, 0) is 24.8 Å². The first-order valence-corrected chi connectivity index (χ1v) is 5.20. The minimum atomic E-state index is 0.949. The highest BCUT2D eigenvalue weighted by Crippen LogP contribution is 2.30. The van der Waals surface area contributed by atoms with Crippen molar-refractivity contribution in [3.63, 3.8) is 0 Å². The average molecular weight is 200 g/mol. The molecule has 0 aliphatic heterocycles. The number of nitrogens with zero attached hydrogens (tertiary/aromatic N) is 1. The molecule has 0 saturated heterocycles. The topological polar surface area (TPSA) is 48.4 Å². The Morgan fingerprint density at radius 1 is 1.33 bits per heavy atom. The number of oxime groups is 1. The van der Waals surface area contributed by atoms with Crippen LogP contribution in [0.4, 0.5) is 0 Å². The maximum Gasteiger partial charge on any atom is 0.0754 e. The highest BCUT2D eigenvalue weighted by atomic mass is 16.4. The van der Waals surface area contributed by atoms with Crippen LogP contribution in [-0.2, 0) is 12.8 Å². The summed E-state index contributed by atoms with van der Waals surface area (Å²) < 4.78 is 0. The van der Waals surface area contributed by atoms with Crippen molar-refractivity contribution in [2.45, 2.75) is 19.3 Å².